The second kappa shape index (κ2) is 9.83. The van der Waals surface area contributed by atoms with Gasteiger partial charge in [0.05, 0.1) is 6.07 Å². The van der Waals surface area contributed by atoms with E-state index >= 15 is 4.39 Å². The first-order valence-corrected chi connectivity index (χ1v) is 14.7. The highest BCUT2D eigenvalue weighted by Gasteiger charge is 2.64. The number of rotatable bonds is 7. The highest BCUT2D eigenvalue weighted by atomic mass is 19.4. The molecule has 8 atom stereocenters. The number of piperidine rings is 1. The number of carbonyl (C=O) groups excluding carboxylic acids is 4. The van der Waals surface area contributed by atoms with Crippen LogP contribution in [0.1, 0.15) is 70.6 Å². The molecule has 5 saturated carbocycles. The minimum absolute atomic E-state index is 0.0716. The molecule has 7 aliphatic rings. The minimum atomic E-state index is -5.23. The lowest BCUT2D eigenvalue weighted by Crippen LogP contribution is -2.68. The number of hydrogen-bond acceptors (Lipinski definition) is 5. The van der Waals surface area contributed by atoms with Gasteiger partial charge in [-0.1, -0.05) is 0 Å². The molecule has 2 aliphatic heterocycles. The Labute approximate surface area is 235 Å². The Morgan fingerprint density at radius 2 is 1.78 bits per heavy atom. The van der Waals surface area contributed by atoms with Gasteiger partial charge in [-0.25, -0.2) is 4.39 Å². The summed E-state index contributed by atoms with van der Waals surface area (Å²) in [5.41, 5.74) is -2.75. The third-order valence-electron chi connectivity index (χ3n) is 10.7. The Morgan fingerprint density at radius 3 is 2.37 bits per heavy atom. The highest BCUT2D eigenvalue weighted by molar-refractivity contribution is 5.95. The van der Waals surface area contributed by atoms with Gasteiger partial charge in [0.15, 0.2) is 0 Å². The largest absolute Gasteiger partial charge is 0.471 e. The average Bonchev–Trinajstić information content (AvgIpc) is 3.60. The number of nitrogens with zero attached hydrogens (tertiary/aromatic N) is 2. The van der Waals surface area contributed by atoms with Crippen LogP contribution in [0.2, 0.25) is 0 Å². The van der Waals surface area contributed by atoms with Crippen LogP contribution in [0.4, 0.5) is 17.6 Å². The predicted octanol–water partition coefficient (Wildman–Crippen LogP) is 2.26. The number of alkyl halides is 4. The van der Waals surface area contributed by atoms with Crippen LogP contribution in [0, 0.1) is 40.4 Å². The van der Waals surface area contributed by atoms with Gasteiger partial charge in [-0.15, -0.1) is 0 Å². The molecule has 4 amide bonds. The molecule has 7 fully saturated rings. The van der Waals surface area contributed by atoms with Gasteiger partial charge in [0.25, 0.3) is 0 Å². The Balaban J connectivity index is 1.27. The number of nitrogens with one attached hydrogen (secondary N) is 3. The molecule has 0 radical (unpaired) electrons. The standard InChI is InChI=1S/C28H35F4N5O4/c29-27-10-14-5-15(11-27)9-26(8-14,13-27)21(36-25(41)28(30,31)32)24(40)37-19-2-1-16(7-19)20(37)23(39)35-18(12-33)6-17-3-4-34-22(17)38/h14-21H,1-11,13H2,(H,34,38)(H,35,39)(H,36,41)/t14?,15?,16-,17-,18-,19+,20-,21+,26?,27?/m0/s1. The number of amides is 4. The molecular weight excluding hydrogens is 546 g/mol. The maximum atomic E-state index is 15.9. The molecule has 0 aromatic heterocycles. The van der Waals surface area contributed by atoms with Crippen molar-refractivity contribution in [1.82, 2.24) is 20.9 Å². The highest BCUT2D eigenvalue weighted by Crippen LogP contribution is 2.64. The molecule has 13 heteroatoms. The molecule has 2 unspecified atom stereocenters. The molecule has 9 nitrogen and oxygen atoms in total. The average molecular weight is 582 g/mol. The van der Waals surface area contributed by atoms with Gasteiger partial charge in [0.1, 0.15) is 23.8 Å². The SMILES string of the molecule is N#C[C@H](C[C@@H]1CCNC1=O)NC(=O)[C@@H]1[C@H]2CC[C@H](C2)N1C(=O)[C@@H](NC(=O)C(F)(F)F)C12CC3CC(CC(F)(C3)C1)C2. The zero-order chi connectivity index (χ0) is 29.3. The van der Waals surface area contributed by atoms with E-state index in [0.29, 0.717) is 57.9 Å². The van der Waals surface area contributed by atoms with Crippen molar-refractivity contribution in [2.24, 2.45) is 29.1 Å². The maximum Gasteiger partial charge on any atom is 0.471 e. The van der Waals surface area contributed by atoms with E-state index in [0.717, 1.165) is 6.42 Å². The van der Waals surface area contributed by atoms with Crippen molar-refractivity contribution in [3.8, 4) is 6.07 Å². The minimum Gasteiger partial charge on any atom is -0.356 e. The third-order valence-corrected chi connectivity index (χ3v) is 10.7. The molecular formula is C28H35F4N5O4. The number of fused-ring (bicyclic) bond motifs is 2. The summed E-state index contributed by atoms with van der Waals surface area (Å²) in [4.78, 5) is 53.5. The van der Waals surface area contributed by atoms with Gasteiger partial charge >= 0.3 is 12.1 Å². The van der Waals surface area contributed by atoms with Gasteiger partial charge < -0.3 is 20.9 Å². The van der Waals surface area contributed by atoms with Crippen LogP contribution in [-0.4, -0.2) is 71.1 Å². The fourth-order valence-corrected chi connectivity index (χ4v) is 9.59. The van der Waals surface area contributed by atoms with Crippen LogP contribution in [0.5, 0.6) is 0 Å². The molecule has 0 aromatic rings. The summed E-state index contributed by atoms with van der Waals surface area (Å²) in [6.07, 6.45) is -0.920. The molecule has 2 saturated heterocycles. The summed E-state index contributed by atoms with van der Waals surface area (Å²) in [7, 11) is 0. The van der Waals surface area contributed by atoms with Gasteiger partial charge in [-0.2, -0.15) is 18.4 Å². The summed E-state index contributed by atoms with van der Waals surface area (Å²) >= 11 is 0. The van der Waals surface area contributed by atoms with E-state index in [-0.39, 0.29) is 36.5 Å². The molecule has 5 aliphatic carbocycles. The molecule has 0 spiro atoms. The lowest BCUT2D eigenvalue weighted by atomic mass is 9.46. The molecule has 41 heavy (non-hydrogen) atoms. The summed E-state index contributed by atoms with van der Waals surface area (Å²) in [6.45, 7) is 0.485. The maximum absolute atomic E-state index is 15.9. The van der Waals surface area contributed by atoms with E-state index in [1.807, 2.05) is 11.4 Å². The summed E-state index contributed by atoms with van der Waals surface area (Å²) < 4.78 is 56.3. The Bertz CT molecular complexity index is 1170. The van der Waals surface area contributed by atoms with Crippen LogP contribution in [0.25, 0.3) is 0 Å². The van der Waals surface area contributed by atoms with Gasteiger partial charge in [0.2, 0.25) is 17.7 Å². The third kappa shape index (κ3) is 4.95. The monoisotopic (exact) mass is 581 g/mol. The topological polar surface area (TPSA) is 131 Å². The Hall–Kier alpha value is -2.91. The molecule has 2 heterocycles. The van der Waals surface area contributed by atoms with Crippen LogP contribution < -0.4 is 16.0 Å². The Morgan fingerprint density at radius 1 is 1.07 bits per heavy atom. The molecule has 3 N–H and O–H groups in total. The van der Waals surface area contributed by atoms with Gasteiger partial charge in [-0.05, 0) is 88.4 Å². The van der Waals surface area contributed by atoms with Crippen molar-refractivity contribution in [1.29, 1.82) is 5.26 Å². The van der Waals surface area contributed by atoms with Crippen LogP contribution in [0.15, 0.2) is 0 Å². The first-order chi connectivity index (χ1) is 19.3. The van der Waals surface area contributed by atoms with E-state index in [1.165, 1.54) is 4.90 Å². The first kappa shape index (κ1) is 28.2. The van der Waals surface area contributed by atoms with Crippen molar-refractivity contribution in [3.05, 3.63) is 0 Å². The summed E-state index contributed by atoms with van der Waals surface area (Å²) in [5, 5.41) is 17.0. The van der Waals surface area contributed by atoms with Crippen molar-refractivity contribution in [2.75, 3.05) is 6.54 Å². The smallest absolute Gasteiger partial charge is 0.356 e. The molecule has 6 bridgehead atoms. The molecule has 7 rings (SSSR count). The lowest BCUT2D eigenvalue weighted by Gasteiger charge is -2.61. The first-order valence-electron chi connectivity index (χ1n) is 14.7. The number of nitriles is 1. The lowest BCUT2D eigenvalue weighted by molar-refractivity contribution is -0.183. The van der Waals surface area contributed by atoms with Crippen molar-refractivity contribution in [2.45, 2.75) is 107 Å². The fourth-order valence-electron chi connectivity index (χ4n) is 9.59. The number of halogens is 4. The predicted molar refractivity (Wildman–Crippen MR) is 134 cm³/mol. The Kier molecular flexibility index (Phi) is 6.77. The second-order valence-electron chi connectivity index (χ2n) is 13.5. The van der Waals surface area contributed by atoms with Crippen LogP contribution in [-0.2, 0) is 19.2 Å². The van der Waals surface area contributed by atoms with Crippen LogP contribution >= 0.6 is 0 Å². The zero-order valence-corrected chi connectivity index (χ0v) is 22.6. The van der Waals surface area contributed by atoms with E-state index < -0.39 is 65.1 Å². The van der Waals surface area contributed by atoms with Crippen LogP contribution in [0.3, 0.4) is 0 Å². The quantitative estimate of drug-likeness (QED) is 0.397. The van der Waals surface area contributed by atoms with Crippen molar-refractivity contribution in [3.63, 3.8) is 0 Å². The van der Waals surface area contributed by atoms with Gasteiger partial charge in [-0.3, -0.25) is 19.2 Å². The van der Waals surface area contributed by atoms with E-state index in [2.05, 4.69) is 10.6 Å². The molecule has 224 valence electrons. The van der Waals surface area contributed by atoms with Crippen molar-refractivity contribution < 1.29 is 36.7 Å². The molecule has 0 aromatic carbocycles. The second-order valence-corrected chi connectivity index (χ2v) is 13.5. The van der Waals surface area contributed by atoms with Crippen molar-refractivity contribution >= 4 is 23.6 Å². The normalized spacial score (nSPS) is 40.2. The number of hydrogen-bond donors (Lipinski definition) is 3. The fraction of sp³-hybridized carbons (Fsp3) is 0.821. The summed E-state index contributed by atoms with van der Waals surface area (Å²) in [6, 6.07) is -2.00. The van der Waals surface area contributed by atoms with E-state index in [4.69, 9.17) is 0 Å². The van der Waals surface area contributed by atoms with E-state index in [1.54, 1.807) is 0 Å². The summed E-state index contributed by atoms with van der Waals surface area (Å²) in [5.74, 6) is -4.63. The number of carbonyl (C=O) groups is 4. The van der Waals surface area contributed by atoms with Gasteiger partial charge in [0, 0.05) is 23.9 Å². The van der Waals surface area contributed by atoms with E-state index in [9.17, 15) is 37.6 Å². The number of likely N-dealkylation sites (tertiary alicyclic amines) is 1. The zero-order valence-electron chi connectivity index (χ0n) is 22.6.